The SMILES string of the molecule is CCc1nn2c(C)c(C(=O)Nc3ccccc3C)nnc2c1-c1ccc(Cl)cc1. The summed E-state index contributed by atoms with van der Waals surface area (Å²) in [6.07, 6.45) is 0.728. The number of benzene rings is 2. The maximum Gasteiger partial charge on any atom is 0.278 e. The van der Waals surface area contributed by atoms with Gasteiger partial charge in [-0.1, -0.05) is 48.9 Å². The molecular formula is C22H20ClN5O. The van der Waals surface area contributed by atoms with Crippen LogP contribution in [0.1, 0.15) is 34.4 Å². The van der Waals surface area contributed by atoms with Gasteiger partial charge in [0.05, 0.1) is 17.0 Å². The molecule has 29 heavy (non-hydrogen) atoms. The fourth-order valence-electron chi connectivity index (χ4n) is 3.31. The van der Waals surface area contributed by atoms with Gasteiger partial charge in [0.1, 0.15) is 0 Å². The van der Waals surface area contributed by atoms with E-state index in [0.29, 0.717) is 16.4 Å². The summed E-state index contributed by atoms with van der Waals surface area (Å²) in [6, 6.07) is 15.2. The summed E-state index contributed by atoms with van der Waals surface area (Å²) in [4.78, 5) is 12.8. The lowest BCUT2D eigenvalue weighted by atomic mass is 10.0. The van der Waals surface area contributed by atoms with E-state index in [1.54, 1.807) is 4.52 Å². The number of amides is 1. The standard InChI is InChI=1S/C22H20ClN5O/c1-4-17-19(15-9-11-16(23)12-10-15)21-26-25-20(14(3)28(21)27-17)22(29)24-18-8-6-5-7-13(18)2/h5-12H,4H2,1-3H3,(H,24,29). The van der Waals surface area contributed by atoms with Crippen molar-refractivity contribution >= 4 is 28.8 Å². The Morgan fingerprint density at radius 1 is 1.07 bits per heavy atom. The molecule has 0 unspecified atom stereocenters. The van der Waals surface area contributed by atoms with Crippen LogP contribution in [-0.2, 0) is 6.42 Å². The van der Waals surface area contributed by atoms with Gasteiger partial charge in [0, 0.05) is 10.7 Å². The number of carbonyl (C=O) groups excluding carboxylic acids is 1. The predicted molar refractivity (Wildman–Crippen MR) is 114 cm³/mol. The van der Waals surface area contributed by atoms with Gasteiger partial charge in [0.25, 0.3) is 5.91 Å². The number of aryl methyl sites for hydroxylation is 3. The Morgan fingerprint density at radius 2 is 1.79 bits per heavy atom. The maximum absolute atomic E-state index is 12.8. The first-order valence-corrected chi connectivity index (χ1v) is 9.75. The highest BCUT2D eigenvalue weighted by atomic mass is 35.5. The lowest BCUT2D eigenvalue weighted by Gasteiger charge is -2.09. The zero-order chi connectivity index (χ0) is 20.5. The molecule has 4 aromatic rings. The molecule has 0 radical (unpaired) electrons. The van der Waals surface area contributed by atoms with Crippen LogP contribution in [0.25, 0.3) is 16.8 Å². The third-order valence-electron chi connectivity index (χ3n) is 4.91. The number of nitrogens with zero attached hydrogens (tertiary/aromatic N) is 4. The van der Waals surface area contributed by atoms with E-state index in [4.69, 9.17) is 16.7 Å². The molecule has 0 bridgehead atoms. The average molecular weight is 406 g/mol. The van der Waals surface area contributed by atoms with E-state index in [-0.39, 0.29) is 11.6 Å². The third kappa shape index (κ3) is 3.47. The molecule has 2 aromatic heterocycles. The molecule has 146 valence electrons. The molecule has 0 aliphatic rings. The molecule has 7 heteroatoms. The monoisotopic (exact) mass is 405 g/mol. The smallest absolute Gasteiger partial charge is 0.278 e. The zero-order valence-corrected chi connectivity index (χ0v) is 17.2. The van der Waals surface area contributed by atoms with E-state index in [0.717, 1.165) is 34.5 Å². The minimum Gasteiger partial charge on any atom is -0.320 e. The molecule has 0 aliphatic carbocycles. The summed E-state index contributed by atoms with van der Waals surface area (Å²) < 4.78 is 1.70. The van der Waals surface area contributed by atoms with Crippen LogP contribution in [0.3, 0.4) is 0 Å². The van der Waals surface area contributed by atoms with Crippen molar-refractivity contribution in [3.05, 3.63) is 76.2 Å². The van der Waals surface area contributed by atoms with Crippen molar-refractivity contribution in [2.75, 3.05) is 5.32 Å². The second kappa shape index (κ2) is 7.64. The number of hydrogen-bond donors (Lipinski definition) is 1. The highest BCUT2D eigenvalue weighted by Gasteiger charge is 2.21. The van der Waals surface area contributed by atoms with Gasteiger partial charge < -0.3 is 5.32 Å². The summed E-state index contributed by atoms with van der Waals surface area (Å²) in [5, 5.41) is 16.9. The molecule has 4 rings (SSSR count). The lowest BCUT2D eigenvalue weighted by molar-refractivity contribution is 0.102. The normalized spacial score (nSPS) is 11.0. The van der Waals surface area contributed by atoms with E-state index >= 15 is 0 Å². The Morgan fingerprint density at radius 3 is 2.48 bits per heavy atom. The zero-order valence-electron chi connectivity index (χ0n) is 16.4. The number of para-hydroxylation sites is 1. The number of nitrogens with one attached hydrogen (secondary N) is 1. The van der Waals surface area contributed by atoms with Crippen LogP contribution >= 0.6 is 11.6 Å². The Bertz CT molecular complexity index is 1210. The number of anilines is 1. The number of carbonyl (C=O) groups is 1. The number of aromatic nitrogens is 4. The van der Waals surface area contributed by atoms with Crippen molar-refractivity contribution in [1.82, 2.24) is 19.8 Å². The summed E-state index contributed by atoms with van der Waals surface area (Å²) >= 11 is 6.03. The molecule has 0 fully saturated rings. The van der Waals surface area contributed by atoms with Gasteiger partial charge in [-0.2, -0.15) is 5.10 Å². The number of hydrogen-bond acceptors (Lipinski definition) is 4. The predicted octanol–water partition coefficient (Wildman–Crippen LogP) is 4.88. The fourth-order valence-corrected chi connectivity index (χ4v) is 3.44. The van der Waals surface area contributed by atoms with Crippen LogP contribution in [0.4, 0.5) is 5.69 Å². The highest BCUT2D eigenvalue weighted by Crippen LogP contribution is 2.29. The largest absolute Gasteiger partial charge is 0.320 e. The quantitative estimate of drug-likeness (QED) is 0.525. The molecule has 0 aliphatic heterocycles. The molecule has 0 saturated heterocycles. The fraction of sp³-hybridized carbons (Fsp3) is 0.182. The van der Waals surface area contributed by atoms with Crippen LogP contribution < -0.4 is 5.32 Å². The average Bonchev–Trinajstić information content (AvgIpc) is 3.10. The van der Waals surface area contributed by atoms with Crippen molar-refractivity contribution in [2.24, 2.45) is 0 Å². The second-order valence-electron chi connectivity index (χ2n) is 6.82. The topological polar surface area (TPSA) is 72.2 Å². The first-order chi connectivity index (χ1) is 14.0. The first-order valence-electron chi connectivity index (χ1n) is 9.37. The van der Waals surface area contributed by atoms with Crippen molar-refractivity contribution < 1.29 is 4.79 Å². The molecule has 0 spiro atoms. The van der Waals surface area contributed by atoms with E-state index in [1.807, 2.05) is 69.3 Å². The van der Waals surface area contributed by atoms with Crippen LogP contribution in [0.5, 0.6) is 0 Å². The van der Waals surface area contributed by atoms with Crippen molar-refractivity contribution in [3.63, 3.8) is 0 Å². The Balaban J connectivity index is 1.79. The molecule has 1 amide bonds. The van der Waals surface area contributed by atoms with Crippen LogP contribution in [0, 0.1) is 13.8 Å². The summed E-state index contributed by atoms with van der Waals surface area (Å²) in [7, 11) is 0. The van der Waals surface area contributed by atoms with Gasteiger partial charge in [-0.05, 0) is 49.6 Å². The second-order valence-corrected chi connectivity index (χ2v) is 7.26. The van der Waals surface area contributed by atoms with Crippen molar-refractivity contribution in [2.45, 2.75) is 27.2 Å². The molecular weight excluding hydrogens is 386 g/mol. The minimum atomic E-state index is -0.312. The first kappa shape index (κ1) is 19.1. The van der Waals surface area contributed by atoms with Gasteiger partial charge in [-0.3, -0.25) is 4.79 Å². The summed E-state index contributed by atoms with van der Waals surface area (Å²) in [6.45, 7) is 5.80. The van der Waals surface area contributed by atoms with E-state index in [9.17, 15) is 4.79 Å². The Kier molecular flexibility index (Phi) is 5.03. The van der Waals surface area contributed by atoms with E-state index in [2.05, 4.69) is 15.5 Å². The Hall–Kier alpha value is -3.25. The van der Waals surface area contributed by atoms with Crippen LogP contribution in [0.15, 0.2) is 48.5 Å². The molecule has 6 nitrogen and oxygen atoms in total. The van der Waals surface area contributed by atoms with E-state index in [1.165, 1.54) is 0 Å². The van der Waals surface area contributed by atoms with Crippen molar-refractivity contribution in [1.29, 1.82) is 0 Å². The third-order valence-corrected chi connectivity index (χ3v) is 5.17. The van der Waals surface area contributed by atoms with Gasteiger partial charge in [0.15, 0.2) is 11.3 Å². The molecule has 2 aromatic carbocycles. The van der Waals surface area contributed by atoms with Gasteiger partial charge in [0.2, 0.25) is 0 Å². The van der Waals surface area contributed by atoms with Gasteiger partial charge in [-0.15, -0.1) is 10.2 Å². The van der Waals surface area contributed by atoms with E-state index < -0.39 is 0 Å². The van der Waals surface area contributed by atoms with Gasteiger partial charge >= 0.3 is 0 Å². The van der Waals surface area contributed by atoms with Crippen LogP contribution in [0.2, 0.25) is 5.02 Å². The maximum atomic E-state index is 12.8. The minimum absolute atomic E-state index is 0.244. The highest BCUT2D eigenvalue weighted by molar-refractivity contribution is 6.30. The molecule has 2 heterocycles. The summed E-state index contributed by atoms with van der Waals surface area (Å²) in [5.74, 6) is -0.312. The Labute approximate surface area is 173 Å². The molecule has 1 N–H and O–H groups in total. The molecule has 0 atom stereocenters. The lowest BCUT2D eigenvalue weighted by Crippen LogP contribution is -2.19. The van der Waals surface area contributed by atoms with Gasteiger partial charge in [-0.25, -0.2) is 4.52 Å². The summed E-state index contributed by atoms with van der Waals surface area (Å²) in [5.41, 5.74) is 5.98. The van der Waals surface area contributed by atoms with Crippen molar-refractivity contribution in [3.8, 4) is 11.1 Å². The number of fused-ring (bicyclic) bond motifs is 1. The number of halogens is 1. The number of rotatable bonds is 4. The van der Waals surface area contributed by atoms with Crippen LogP contribution in [-0.4, -0.2) is 25.7 Å². The molecule has 0 saturated carbocycles.